The van der Waals surface area contributed by atoms with Gasteiger partial charge in [-0.2, -0.15) is 26.3 Å². The first-order chi connectivity index (χ1) is 23.2. The molecule has 1 unspecified atom stereocenters. The van der Waals surface area contributed by atoms with E-state index in [-0.39, 0.29) is 5.56 Å². The maximum atomic E-state index is 13.8. The van der Waals surface area contributed by atoms with Crippen LogP contribution in [0.15, 0.2) is 36.4 Å². The molecule has 1 saturated carbocycles. The summed E-state index contributed by atoms with van der Waals surface area (Å²) in [5, 5.41) is 0.596. The van der Waals surface area contributed by atoms with Crippen LogP contribution in [-0.2, 0) is 29.0 Å². The summed E-state index contributed by atoms with van der Waals surface area (Å²) in [5.74, 6) is 0.250. The smallest absolute Gasteiger partial charge is 0.342 e. The number of rotatable bonds is 9. The van der Waals surface area contributed by atoms with Crippen LogP contribution in [0.25, 0.3) is 0 Å². The number of likely N-dealkylation sites (tertiary alicyclic amines) is 2. The van der Waals surface area contributed by atoms with Crippen LogP contribution >= 0.6 is 11.6 Å². The summed E-state index contributed by atoms with van der Waals surface area (Å²) in [4.78, 5) is 18.2. The van der Waals surface area contributed by atoms with Crippen LogP contribution in [0.3, 0.4) is 0 Å². The third kappa shape index (κ3) is 9.96. The number of hydrogen-bond donors (Lipinski definition) is 0. The molecule has 10 heteroatoms. The standard InChI is InChI=1S/C39H51ClF6N2O/c1-28-34(38(41,42)43)23-30(24-35(28)39(44,45)46)25-36(49)48-20-8-7-19-37(27-48,31-13-9-14-32(40)26-31)18-6-5-11-29-12-10-21-47(22-17-29)33-15-3-2-4-16-33/h9,13-14,23-24,26,29,33H,2-8,10-12,15-22,25,27H2,1H3/t29?,37-/m1/s1. The zero-order valence-corrected chi connectivity index (χ0v) is 29.5. The highest BCUT2D eigenvalue weighted by molar-refractivity contribution is 6.30. The molecule has 0 bridgehead atoms. The Hall–Kier alpha value is -2.26. The van der Waals surface area contributed by atoms with Gasteiger partial charge in [-0.05, 0) is 118 Å². The molecule has 272 valence electrons. The summed E-state index contributed by atoms with van der Waals surface area (Å²) in [7, 11) is 0. The van der Waals surface area contributed by atoms with Gasteiger partial charge in [0.2, 0.25) is 5.91 Å². The average Bonchev–Trinajstić information content (AvgIpc) is 3.43. The molecule has 0 radical (unpaired) electrons. The van der Waals surface area contributed by atoms with E-state index in [1.54, 1.807) is 4.90 Å². The van der Waals surface area contributed by atoms with Crippen molar-refractivity contribution in [3.63, 3.8) is 0 Å². The molecule has 0 N–H and O–H groups in total. The molecule has 3 fully saturated rings. The Morgan fingerprint density at radius 2 is 1.55 bits per heavy atom. The lowest BCUT2D eigenvalue weighted by atomic mass is 9.72. The van der Waals surface area contributed by atoms with Crippen molar-refractivity contribution >= 4 is 17.5 Å². The summed E-state index contributed by atoms with van der Waals surface area (Å²) in [6.45, 7) is 3.99. The average molecular weight is 713 g/mol. The Kier molecular flexibility index (Phi) is 12.7. The second kappa shape index (κ2) is 16.4. The van der Waals surface area contributed by atoms with E-state index in [0.717, 1.165) is 50.6 Å². The van der Waals surface area contributed by atoms with Crippen LogP contribution in [-0.4, -0.2) is 47.9 Å². The second-order valence-electron chi connectivity index (χ2n) is 14.9. The topological polar surface area (TPSA) is 23.6 Å². The van der Waals surface area contributed by atoms with Gasteiger partial charge in [0.1, 0.15) is 0 Å². The number of amides is 1. The molecule has 1 aliphatic carbocycles. The molecule has 49 heavy (non-hydrogen) atoms. The van der Waals surface area contributed by atoms with Gasteiger partial charge in [0.05, 0.1) is 17.5 Å². The fourth-order valence-electron chi connectivity index (χ4n) is 8.84. The summed E-state index contributed by atoms with van der Waals surface area (Å²) in [5.41, 5.74) is -3.24. The summed E-state index contributed by atoms with van der Waals surface area (Å²) in [6, 6.07) is 9.87. The quantitative estimate of drug-likeness (QED) is 0.191. The van der Waals surface area contributed by atoms with E-state index in [2.05, 4.69) is 4.90 Å². The normalized spacial score (nSPS) is 23.7. The lowest BCUT2D eigenvalue weighted by Gasteiger charge is -2.38. The Morgan fingerprint density at radius 1 is 0.837 bits per heavy atom. The number of carbonyl (C=O) groups excluding carboxylic acids is 1. The molecule has 2 aliphatic heterocycles. The lowest BCUT2D eigenvalue weighted by molar-refractivity contribution is -0.144. The first-order valence-corrected chi connectivity index (χ1v) is 18.7. The van der Waals surface area contributed by atoms with E-state index in [9.17, 15) is 31.1 Å². The Morgan fingerprint density at radius 3 is 2.22 bits per heavy atom. The van der Waals surface area contributed by atoms with E-state index < -0.39 is 46.8 Å². The van der Waals surface area contributed by atoms with Gasteiger partial charge >= 0.3 is 12.4 Å². The number of nitrogens with zero attached hydrogens (tertiary/aromatic N) is 2. The maximum Gasteiger partial charge on any atom is 0.416 e. The summed E-state index contributed by atoms with van der Waals surface area (Å²) in [6.07, 6.45) is 6.48. The minimum Gasteiger partial charge on any atom is -0.342 e. The number of alkyl halides is 6. The molecular weight excluding hydrogens is 662 g/mol. The minimum absolute atomic E-state index is 0.279. The minimum atomic E-state index is -4.97. The monoisotopic (exact) mass is 712 g/mol. The van der Waals surface area contributed by atoms with Crippen LogP contribution in [0.1, 0.15) is 124 Å². The molecule has 2 saturated heterocycles. The number of benzene rings is 2. The number of unbranched alkanes of at least 4 members (excludes halogenated alkanes) is 1. The largest absolute Gasteiger partial charge is 0.416 e. The zero-order valence-electron chi connectivity index (χ0n) is 28.7. The van der Waals surface area contributed by atoms with Crippen molar-refractivity contribution in [3.8, 4) is 0 Å². The Balaban J connectivity index is 1.28. The zero-order chi connectivity index (χ0) is 35.2. The van der Waals surface area contributed by atoms with E-state index in [0.29, 0.717) is 42.6 Å². The van der Waals surface area contributed by atoms with E-state index in [1.807, 2.05) is 24.3 Å². The van der Waals surface area contributed by atoms with Gasteiger partial charge in [0.15, 0.2) is 0 Å². The highest BCUT2D eigenvalue weighted by atomic mass is 35.5. The van der Waals surface area contributed by atoms with E-state index in [4.69, 9.17) is 11.6 Å². The van der Waals surface area contributed by atoms with Gasteiger partial charge in [0, 0.05) is 29.6 Å². The number of hydrogen-bond acceptors (Lipinski definition) is 2. The first-order valence-electron chi connectivity index (χ1n) is 18.3. The van der Waals surface area contributed by atoms with Crippen LogP contribution in [0.5, 0.6) is 0 Å². The molecule has 0 spiro atoms. The van der Waals surface area contributed by atoms with Gasteiger partial charge in [-0.1, -0.05) is 68.7 Å². The van der Waals surface area contributed by atoms with Gasteiger partial charge in [-0.15, -0.1) is 0 Å². The highest BCUT2D eigenvalue weighted by Crippen LogP contribution is 2.42. The van der Waals surface area contributed by atoms with E-state index in [1.165, 1.54) is 70.9 Å². The van der Waals surface area contributed by atoms with Crippen molar-refractivity contribution in [1.82, 2.24) is 9.80 Å². The fraction of sp³-hybridized carbons (Fsp3) is 0.667. The maximum absolute atomic E-state index is 13.8. The molecule has 2 atom stereocenters. The number of carbonyl (C=O) groups is 1. The molecule has 2 heterocycles. The molecule has 1 amide bonds. The van der Waals surface area contributed by atoms with Crippen LogP contribution in [0.2, 0.25) is 5.02 Å². The predicted molar refractivity (Wildman–Crippen MR) is 183 cm³/mol. The molecule has 2 aromatic rings. The second-order valence-corrected chi connectivity index (χ2v) is 15.4. The molecule has 3 nitrogen and oxygen atoms in total. The summed E-state index contributed by atoms with van der Waals surface area (Å²) < 4.78 is 82.6. The Bertz CT molecular complexity index is 1370. The lowest BCUT2D eigenvalue weighted by Crippen LogP contribution is -2.43. The van der Waals surface area contributed by atoms with Crippen molar-refractivity contribution in [2.24, 2.45) is 5.92 Å². The Labute approximate surface area is 292 Å². The third-order valence-electron chi connectivity index (χ3n) is 11.5. The fourth-order valence-corrected chi connectivity index (χ4v) is 9.03. The van der Waals surface area contributed by atoms with Crippen LogP contribution in [0, 0.1) is 12.8 Å². The first kappa shape index (κ1) is 38.0. The van der Waals surface area contributed by atoms with Crippen molar-refractivity contribution in [2.75, 3.05) is 26.2 Å². The molecule has 5 rings (SSSR count). The molecule has 3 aliphatic rings. The predicted octanol–water partition coefficient (Wildman–Crippen LogP) is 11.2. The molecule has 2 aromatic carbocycles. The molecular formula is C39H51ClF6N2O. The van der Waals surface area contributed by atoms with Gasteiger partial charge in [0.25, 0.3) is 0 Å². The summed E-state index contributed by atoms with van der Waals surface area (Å²) >= 11 is 6.47. The highest BCUT2D eigenvalue weighted by Gasteiger charge is 2.41. The van der Waals surface area contributed by atoms with Crippen LogP contribution in [0.4, 0.5) is 26.3 Å². The number of halogens is 7. The van der Waals surface area contributed by atoms with Gasteiger partial charge < -0.3 is 9.80 Å². The van der Waals surface area contributed by atoms with E-state index >= 15 is 0 Å². The van der Waals surface area contributed by atoms with Crippen molar-refractivity contribution in [2.45, 2.75) is 133 Å². The van der Waals surface area contributed by atoms with Gasteiger partial charge in [-0.3, -0.25) is 4.79 Å². The van der Waals surface area contributed by atoms with Crippen molar-refractivity contribution < 1.29 is 31.1 Å². The van der Waals surface area contributed by atoms with Gasteiger partial charge in [-0.25, -0.2) is 0 Å². The third-order valence-corrected chi connectivity index (χ3v) is 11.8. The van der Waals surface area contributed by atoms with Crippen LogP contribution < -0.4 is 0 Å². The van der Waals surface area contributed by atoms with Crippen molar-refractivity contribution in [1.29, 1.82) is 0 Å². The SMILES string of the molecule is Cc1c(C(F)(F)F)cc(CC(=O)N2CCCC[C@@](CCCCC3CCCN(C4CCCCC4)CC3)(c3cccc(Cl)c3)C2)cc1C(F)(F)F. The molecule has 0 aromatic heterocycles. The van der Waals surface area contributed by atoms with Crippen molar-refractivity contribution in [3.05, 3.63) is 69.2 Å².